The highest BCUT2D eigenvalue weighted by Crippen LogP contribution is 2.37. The van der Waals surface area contributed by atoms with Gasteiger partial charge in [-0.25, -0.2) is 5.14 Å². The number of methoxy groups -OCH3 is 1. The molecule has 0 aliphatic rings. The smallest absolute Gasteiger partial charge is 0.333 e. The van der Waals surface area contributed by atoms with Crippen LogP contribution in [0.25, 0.3) is 0 Å². The zero-order chi connectivity index (χ0) is 15.5. The number of benzene rings is 1. The summed E-state index contributed by atoms with van der Waals surface area (Å²) < 4.78 is 32.7. The van der Waals surface area contributed by atoms with E-state index in [1.54, 1.807) is 32.0 Å². The number of ether oxygens (including phenoxy) is 1. The van der Waals surface area contributed by atoms with Crippen LogP contribution in [0.4, 0.5) is 0 Å². The average Bonchev–Trinajstić information content (AvgIpc) is 2.30. The lowest BCUT2D eigenvalue weighted by molar-refractivity contribution is -0.0182. The van der Waals surface area contributed by atoms with Crippen molar-refractivity contribution in [1.29, 1.82) is 0 Å². The van der Waals surface area contributed by atoms with Gasteiger partial charge < -0.3 is 4.74 Å². The lowest BCUT2D eigenvalue weighted by atomic mass is 9.96. The molecule has 0 fully saturated rings. The van der Waals surface area contributed by atoms with Gasteiger partial charge in [0.2, 0.25) is 0 Å². The van der Waals surface area contributed by atoms with Crippen LogP contribution in [-0.2, 0) is 19.2 Å². The van der Waals surface area contributed by atoms with Crippen molar-refractivity contribution in [2.24, 2.45) is 11.1 Å². The molecule has 1 aromatic carbocycles. The summed E-state index contributed by atoms with van der Waals surface area (Å²) in [5.74, 6) is -0.189. The summed E-state index contributed by atoms with van der Waals surface area (Å²) in [6, 6.07) is 4.97. The monoisotopic (exact) mass is 341 g/mol. The lowest BCUT2D eigenvalue weighted by Crippen LogP contribution is -2.34. The SMILES string of the molecule is CO[C@H](c1c(Cl)cccc1Cl)[C@H](OS(N)(=O)=O)C(C)C. The molecule has 5 nitrogen and oxygen atoms in total. The van der Waals surface area contributed by atoms with Crippen LogP contribution < -0.4 is 5.14 Å². The van der Waals surface area contributed by atoms with Gasteiger partial charge >= 0.3 is 10.3 Å². The zero-order valence-electron chi connectivity index (χ0n) is 11.3. The largest absolute Gasteiger partial charge is 0.374 e. The van der Waals surface area contributed by atoms with Crippen LogP contribution in [0.3, 0.4) is 0 Å². The van der Waals surface area contributed by atoms with Crippen molar-refractivity contribution in [2.75, 3.05) is 7.11 Å². The molecule has 0 aliphatic carbocycles. The van der Waals surface area contributed by atoms with Gasteiger partial charge in [0.1, 0.15) is 12.2 Å². The molecule has 1 rings (SSSR count). The summed E-state index contributed by atoms with van der Waals surface area (Å²) in [4.78, 5) is 0. The Kier molecular flexibility index (Phi) is 6.25. The van der Waals surface area contributed by atoms with Gasteiger partial charge in [0.05, 0.1) is 0 Å². The van der Waals surface area contributed by atoms with Crippen molar-refractivity contribution in [3.8, 4) is 0 Å². The van der Waals surface area contributed by atoms with E-state index in [9.17, 15) is 8.42 Å². The molecule has 0 aliphatic heterocycles. The highest BCUT2D eigenvalue weighted by Gasteiger charge is 2.33. The Hall–Kier alpha value is -0.370. The lowest BCUT2D eigenvalue weighted by Gasteiger charge is -2.29. The normalized spacial score (nSPS) is 15.3. The highest BCUT2D eigenvalue weighted by molar-refractivity contribution is 7.84. The van der Waals surface area contributed by atoms with Crippen LogP contribution in [0.15, 0.2) is 18.2 Å². The molecule has 114 valence electrons. The Balaban J connectivity index is 3.27. The van der Waals surface area contributed by atoms with Crippen molar-refractivity contribution < 1.29 is 17.3 Å². The van der Waals surface area contributed by atoms with E-state index < -0.39 is 22.5 Å². The predicted octanol–water partition coefficient (Wildman–Crippen LogP) is 2.93. The van der Waals surface area contributed by atoms with Crippen LogP contribution in [-0.4, -0.2) is 21.6 Å². The van der Waals surface area contributed by atoms with Crippen LogP contribution in [0.5, 0.6) is 0 Å². The first kappa shape index (κ1) is 17.7. The number of hydrogen-bond acceptors (Lipinski definition) is 4. The molecule has 0 bridgehead atoms. The minimum Gasteiger partial charge on any atom is -0.374 e. The predicted molar refractivity (Wildman–Crippen MR) is 79.0 cm³/mol. The van der Waals surface area contributed by atoms with Gasteiger partial charge in [-0.15, -0.1) is 0 Å². The molecule has 0 spiro atoms. The van der Waals surface area contributed by atoms with E-state index in [0.717, 1.165) is 0 Å². The maximum atomic E-state index is 11.2. The van der Waals surface area contributed by atoms with Crippen molar-refractivity contribution in [3.63, 3.8) is 0 Å². The van der Waals surface area contributed by atoms with Gasteiger partial charge in [-0.3, -0.25) is 4.18 Å². The molecule has 0 saturated carbocycles. The molecular weight excluding hydrogens is 325 g/mol. The van der Waals surface area contributed by atoms with E-state index in [4.69, 9.17) is 37.3 Å². The van der Waals surface area contributed by atoms with Crippen molar-refractivity contribution in [1.82, 2.24) is 0 Å². The summed E-state index contributed by atoms with van der Waals surface area (Å²) in [7, 11) is -2.70. The average molecular weight is 342 g/mol. The van der Waals surface area contributed by atoms with Crippen molar-refractivity contribution in [3.05, 3.63) is 33.8 Å². The van der Waals surface area contributed by atoms with E-state index in [2.05, 4.69) is 0 Å². The second-order valence-corrected chi connectivity index (χ2v) is 6.58. The van der Waals surface area contributed by atoms with Gasteiger partial charge in [0.15, 0.2) is 0 Å². The van der Waals surface area contributed by atoms with Crippen LogP contribution >= 0.6 is 23.2 Å². The quantitative estimate of drug-likeness (QED) is 0.862. The molecule has 0 heterocycles. The molecule has 20 heavy (non-hydrogen) atoms. The van der Waals surface area contributed by atoms with E-state index in [-0.39, 0.29) is 5.92 Å². The molecule has 2 N–H and O–H groups in total. The fourth-order valence-electron chi connectivity index (χ4n) is 1.86. The van der Waals surface area contributed by atoms with Crippen LogP contribution in [0, 0.1) is 5.92 Å². The van der Waals surface area contributed by atoms with Gasteiger partial charge in [0, 0.05) is 22.7 Å². The van der Waals surface area contributed by atoms with Crippen molar-refractivity contribution in [2.45, 2.75) is 26.1 Å². The molecule has 0 amide bonds. The van der Waals surface area contributed by atoms with Gasteiger partial charge in [-0.1, -0.05) is 43.1 Å². The van der Waals surface area contributed by atoms with Crippen LogP contribution in [0.1, 0.15) is 25.5 Å². The third kappa shape index (κ3) is 4.58. The Bertz CT molecular complexity index is 542. The molecule has 0 unspecified atom stereocenters. The number of hydrogen-bond donors (Lipinski definition) is 1. The fraction of sp³-hybridized carbons (Fsp3) is 0.500. The maximum absolute atomic E-state index is 11.2. The molecule has 0 saturated heterocycles. The van der Waals surface area contributed by atoms with E-state index >= 15 is 0 Å². The summed E-state index contributed by atoms with van der Waals surface area (Å²) in [5.41, 5.74) is 0.473. The topological polar surface area (TPSA) is 78.6 Å². The van der Waals surface area contributed by atoms with Crippen LogP contribution in [0.2, 0.25) is 10.0 Å². The molecule has 1 aromatic rings. The zero-order valence-corrected chi connectivity index (χ0v) is 13.7. The maximum Gasteiger partial charge on any atom is 0.333 e. The molecule has 0 radical (unpaired) electrons. The second kappa shape index (κ2) is 7.06. The number of halogens is 2. The minimum atomic E-state index is -4.12. The third-order valence-corrected chi connectivity index (χ3v) is 3.89. The standard InChI is InChI=1S/C12H17Cl2NO4S/c1-7(2)11(19-20(15,16)17)12(18-3)10-8(13)5-4-6-9(10)14/h4-7,11-12H,1-3H3,(H2,15,16,17)/t11-,12-/m1/s1. The summed E-state index contributed by atoms with van der Waals surface area (Å²) in [6.45, 7) is 3.57. The van der Waals surface area contributed by atoms with Gasteiger partial charge in [-0.05, 0) is 18.1 Å². The first-order valence-corrected chi connectivity index (χ1v) is 8.07. The second-order valence-electron chi connectivity index (χ2n) is 4.59. The third-order valence-electron chi connectivity index (χ3n) is 2.74. The summed E-state index contributed by atoms with van der Waals surface area (Å²) >= 11 is 12.2. The molecule has 8 heteroatoms. The summed E-state index contributed by atoms with van der Waals surface area (Å²) in [5, 5.41) is 5.69. The van der Waals surface area contributed by atoms with E-state index in [0.29, 0.717) is 15.6 Å². The molecule has 2 atom stereocenters. The number of nitrogens with two attached hydrogens (primary N) is 1. The first-order chi connectivity index (χ1) is 9.17. The Labute approximate surface area is 129 Å². The highest BCUT2D eigenvalue weighted by atomic mass is 35.5. The number of rotatable bonds is 6. The Morgan fingerprint density at radius 1 is 1.20 bits per heavy atom. The Morgan fingerprint density at radius 2 is 1.70 bits per heavy atom. The fourth-order valence-corrected chi connectivity index (χ4v) is 3.11. The summed E-state index contributed by atoms with van der Waals surface area (Å²) in [6.07, 6.45) is -1.60. The minimum absolute atomic E-state index is 0.189. The van der Waals surface area contributed by atoms with Gasteiger partial charge in [0.25, 0.3) is 0 Å². The molecular formula is C12H17Cl2NO4S. The van der Waals surface area contributed by atoms with E-state index in [1.165, 1.54) is 7.11 Å². The first-order valence-electron chi connectivity index (χ1n) is 5.85. The Morgan fingerprint density at radius 3 is 2.05 bits per heavy atom. The van der Waals surface area contributed by atoms with Crippen molar-refractivity contribution >= 4 is 33.5 Å². The van der Waals surface area contributed by atoms with E-state index in [1.807, 2.05) is 0 Å². The van der Waals surface area contributed by atoms with Gasteiger partial charge in [-0.2, -0.15) is 8.42 Å². The molecule has 0 aromatic heterocycles.